The molecule has 214 valence electrons. The Morgan fingerprint density at radius 2 is 1.95 bits per heavy atom. The number of nitrogens with zero attached hydrogens (tertiary/aromatic N) is 4. The minimum atomic E-state index is -4.76. The second-order valence-corrected chi connectivity index (χ2v) is 9.62. The molecule has 2 atom stereocenters. The monoisotopic (exact) mass is 587 g/mol. The summed E-state index contributed by atoms with van der Waals surface area (Å²) < 4.78 is 89.0. The van der Waals surface area contributed by atoms with E-state index in [1.807, 2.05) is 0 Å². The van der Waals surface area contributed by atoms with Crippen molar-refractivity contribution in [3.8, 4) is 16.9 Å². The van der Waals surface area contributed by atoms with Crippen LogP contribution in [0.25, 0.3) is 11.1 Å². The van der Waals surface area contributed by atoms with E-state index in [2.05, 4.69) is 9.88 Å². The molecule has 0 saturated carbocycles. The lowest BCUT2D eigenvalue weighted by Gasteiger charge is -2.47. The van der Waals surface area contributed by atoms with E-state index in [4.69, 9.17) is 14.0 Å². The van der Waals surface area contributed by atoms with Crippen LogP contribution in [0, 0.1) is 11.6 Å². The number of morpholine rings is 1. The van der Waals surface area contributed by atoms with Crippen LogP contribution in [-0.2, 0) is 15.7 Å². The van der Waals surface area contributed by atoms with E-state index in [1.165, 1.54) is 18.3 Å². The fraction of sp³-hybridized carbons (Fsp3) is 0.333. The Morgan fingerprint density at radius 3 is 2.65 bits per heavy atom. The Balaban J connectivity index is 1.40. The highest BCUT2D eigenvalue weighted by Crippen LogP contribution is 2.41. The zero-order chi connectivity index (χ0) is 28.6. The average Bonchev–Trinajstić information content (AvgIpc) is 3.45. The third kappa shape index (κ3) is 5.57. The summed E-state index contributed by atoms with van der Waals surface area (Å²) >= 11 is 0.824. The van der Waals surface area contributed by atoms with Crippen molar-refractivity contribution >= 4 is 29.5 Å². The van der Waals surface area contributed by atoms with Gasteiger partial charge >= 0.3 is 6.18 Å². The first-order valence-corrected chi connectivity index (χ1v) is 12.6. The topological polar surface area (TPSA) is 104 Å². The van der Waals surface area contributed by atoms with Gasteiger partial charge in [-0.05, 0) is 35.3 Å². The maximum atomic E-state index is 15.4. The lowest BCUT2D eigenvalue weighted by atomic mass is 9.96. The number of ether oxygens (including phenoxy) is 2. The molecular formula is C24H22F5N5O5S. The number of carbonyl (C=O) groups excluding carboxylic acids is 1. The minimum Gasteiger partial charge on any atom is -0.495 e. The molecule has 2 aliphatic rings. The van der Waals surface area contributed by atoms with Crippen LogP contribution >= 0.6 is 12.1 Å². The van der Waals surface area contributed by atoms with E-state index in [0.29, 0.717) is 30.4 Å². The standard InChI is InChI=1S/C24H22F5N5O5S/c1-37-20-9-15(14-8-13(24(27,28)29)2-3-16(14)25)17(26)10-19(20)33-18-4-6-32(11-21(18)38-12-23(33)35)34(36)40-31-22-5-7-39-30-22/h2-3,5,7-10,18,21,36H,4,6,11-12H2,1H3,(H,30,31)/t18-,21?/m0/s1. The fourth-order valence-corrected chi connectivity index (χ4v) is 5.21. The number of aromatic nitrogens is 1. The highest BCUT2D eigenvalue weighted by atomic mass is 32.2. The number of halogens is 5. The number of hydrazine groups is 1. The second-order valence-electron chi connectivity index (χ2n) is 8.91. The van der Waals surface area contributed by atoms with Crippen LogP contribution in [0.1, 0.15) is 12.0 Å². The van der Waals surface area contributed by atoms with Gasteiger partial charge in [0.2, 0.25) is 0 Å². The van der Waals surface area contributed by atoms with Gasteiger partial charge in [0.25, 0.3) is 5.91 Å². The third-order valence-electron chi connectivity index (χ3n) is 6.55. The van der Waals surface area contributed by atoms with E-state index < -0.39 is 52.6 Å². The van der Waals surface area contributed by atoms with Crippen LogP contribution in [0.4, 0.5) is 33.5 Å². The molecule has 1 amide bonds. The molecule has 2 saturated heterocycles. The summed E-state index contributed by atoms with van der Waals surface area (Å²) in [6, 6.07) is 4.69. The molecule has 40 heavy (non-hydrogen) atoms. The second kappa shape index (κ2) is 11.2. The fourth-order valence-electron chi connectivity index (χ4n) is 4.67. The zero-order valence-corrected chi connectivity index (χ0v) is 21.5. The molecule has 3 aromatic rings. The normalized spacial score (nSPS) is 20.1. The van der Waals surface area contributed by atoms with Crippen molar-refractivity contribution in [2.75, 3.05) is 36.4 Å². The summed E-state index contributed by atoms with van der Waals surface area (Å²) in [5.74, 6) is -2.25. The van der Waals surface area contributed by atoms with Gasteiger partial charge in [-0.25, -0.2) is 13.8 Å². The largest absolute Gasteiger partial charge is 0.495 e. The number of amides is 1. The molecule has 2 N–H and O–H groups in total. The number of hydrogen-bond acceptors (Lipinski definition) is 10. The maximum absolute atomic E-state index is 15.4. The molecule has 3 heterocycles. The molecular weight excluding hydrogens is 565 g/mol. The zero-order valence-electron chi connectivity index (χ0n) is 20.7. The van der Waals surface area contributed by atoms with Gasteiger partial charge in [0.05, 0.1) is 42.6 Å². The highest BCUT2D eigenvalue weighted by Gasteiger charge is 2.43. The van der Waals surface area contributed by atoms with Crippen molar-refractivity contribution in [3.63, 3.8) is 0 Å². The van der Waals surface area contributed by atoms with Crippen LogP contribution in [0.15, 0.2) is 47.2 Å². The van der Waals surface area contributed by atoms with Crippen molar-refractivity contribution in [2.24, 2.45) is 0 Å². The van der Waals surface area contributed by atoms with Crippen molar-refractivity contribution < 1.29 is 46.0 Å². The minimum absolute atomic E-state index is 0.0239. The number of rotatable bonds is 7. The van der Waals surface area contributed by atoms with Crippen molar-refractivity contribution in [2.45, 2.75) is 24.7 Å². The molecule has 1 aromatic heterocycles. The van der Waals surface area contributed by atoms with Crippen LogP contribution in [0.2, 0.25) is 0 Å². The summed E-state index contributed by atoms with van der Waals surface area (Å²) in [4.78, 5) is 14.3. The van der Waals surface area contributed by atoms with Crippen LogP contribution in [0.5, 0.6) is 5.75 Å². The molecule has 0 spiro atoms. The summed E-state index contributed by atoms with van der Waals surface area (Å²) in [7, 11) is 1.25. The van der Waals surface area contributed by atoms with Crippen molar-refractivity contribution in [1.82, 2.24) is 14.7 Å². The van der Waals surface area contributed by atoms with Crippen LogP contribution in [0.3, 0.4) is 0 Å². The summed E-state index contributed by atoms with van der Waals surface area (Å²) in [5, 5.41) is 15.7. The van der Waals surface area contributed by atoms with E-state index in [-0.39, 0.29) is 31.1 Å². The number of alkyl halides is 3. The average molecular weight is 588 g/mol. The Labute approximate surface area is 228 Å². The first kappa shape index (κ1) is 28.1. The molecule has 2 aliphatic heterocycles. The third-order valence-corrected chi connectivity index (χ3v) is 7.24. The van der Waals surface area contributed by atoms with Gasteiger partial charge in [0.15, 0.2) is 5.82 Å². The highest BCUT2D eigenvalue weighted by molar-refractivity contribution is 7.98. The quantitative estimate of drug-likeness (QED) is 0.229. The summed E-state index contributed by atoms with van der Waals surface area (Å²) in [5.41, 5.74) is -2.17. The molecule has 0 radical (unpaired) electrons. The summed E-state index contributed by atoms with van der Waals surface area (Å²) in [6.07, 6.45) is -3.70. The maximum Gasteiger partial charge on any atom is 0.416 e. The number of anilines is 2. The number of piperidine rings is 1. The summed E-state index contributed by atoms with van der Waals surface area (Å²) in [6.45, 7) is 0.0902. The van der Waals surface area contributed by atoms with E-state index in [0.717, 1.165) is 28.8 Å². The molecule has 5 rings (SSSR count). The molecule has 10 nitrogen and oxygen atoms in total. The molecule has 2 fully saturated rings. The molecule has 0 bridgehead atoms. The predicted molar refractivity (Wildman–Crippen MR) is 132 cm³/mol. The smallest absolute Gasteiger partial charge is 0.416 e. The van der Waals surface area contributed by atoms with Gasteiger partial charge in [0.1, 0.15) is 30.3 Å². The van der Waals surface area contributed by atoms with Crippen molar-refractivity contribution in [1.29, 1.82) is 0 Å². The van der Waals surface area contributed by atoms with E-state index >= 15 is 4.39 Å². The lowest BCUT2D eigenvalue weighted by Crippen LogP contribution is -2.63. The van der Waals surface area contributed by atoms with Gasteiger partial charge < -0.3 is 18.9 Å². The van der Waals surface area contributed by atoms with Crippen LogP contribution < -0.4 is 14.4 Å². The SMILES string of the molecule is COc1cc(-c2cc(C(F)(F)F)ccc2F)c(F)cc1N1C(=O)COC2CN(N(O)SNc3ccon3)CC[C@@H]21. The lowest BCUT2D eigenvalue weighted by molar-refractivity contribution is -0.191. The van der Waals surface area contributed by atoms with E-state index in [1.54, 1.807) is 11.1 Å². The van der Waals surface area contributed by atoms with Crippen LogP contribution in [-0.4, -0.2) is 64.8 Å². The first-order chi connectivity index (χ1) is 19.1. The first-order valence-electron chi connectivity index (χ1n) is 11.8. The van der Waals surface area contributed by atoms with Gasteiger partial charge in [-0.3, -0.25) is 14.7 Å². The molecule has 16 heteroatoms. The van der Waals surface area contributed by atoms with Gasteiger partial charge in [-0.2, -0.15) is 13.2 Å². The molecule has 0 aliphatic carbocycles. The van der Waals surface area contributed by atoms with E-state index in [9.17, 15) is 27.6 Å². The number of carbonyl (C=O) groups is 1. The number of benzene rings is 2. The number of fused-ring (bicyclic) bond motifs is 1. The molecule has 2 aromatic carbocycles. The van der Waals surface area contributed by atoms with Gasteiger partial charge in [-0.1, -0.05) is 5.16 Å². The Bertz CT molecular complexity index is 1380. The number of nitrogens with one attached hydrogen (secondary N) is 1. The number of hydrogen-bond donors (Lipinski definition) is 2. The molecule has 1 unspecified atom stereocenters. The number of methoxy groups -OCH3 is 1. The Morgan fingerprint density at radius 1 is 1.18 bits per heavy atom. The van der Waals surface area contributed by atoms with Gasteiger partial charge in [0, 0.05) is 36.3 Å². The van der Waals surface area contributed by atoms with Gasteiger partial charge in [-0.15, -0.1) is 0 Å². The predicted octanol–water partition coefficient (Wildman–Crippen LogP) is 4.73. The Kier molecular flexibility index (Phi) is 7.87. The Hall–Kier alpha value is -3.44. The van der Waals surface area contributed by atoms with Crippen molar-refractivity contribution in [3.05, 3.63) is 59.9 Å².